The molecule has 0 saturated heterocycles. The standard InChI is InChI=1S/C14H19N3/c1-10-5-4-6-12(7-10)8-13-11(2)16-14(9-15)17(13)3/h4-7H,8-9,15H2,1-3H3. The van der Waals surface area contributed by atoms with E-state index in [9.17, 15) is 0 Å². The first kappa shape index (κ1) is 11.9. The molecule has 2 aromatic rings. The molecule has 2 rings (SSSR count). The molecule has 3 nitrogen and oxygen atoms in total. The second kappa shape index (κ2) is 4.72. The lowest BCUT2D eigenvalue weighted by molar-refractivity contribution is 0.760. The summed E-state index contributed by atoms with van der Waals surface area (Å²) >= 11 is 0. The lowest BCUT2D eigenvalue weighted by Gasteiger charge is -2.06. The monoisotopic (exact) mass is 229 g/mol. The van der Waals surface area contributed by atoms with E-state index in [1.165, 1.54) is 16.8 Å². The van der Waals surface area contributed by atoms with Crippen molar-refractivity contribution in [2.75, 3.05) is 0 Å². The molecular weight excluding hydrogens is 210 g/mol. The van der Waals surface area contributed by atoms with Gasteiger partial charge in [-0.2, -0.15) is 0 Å². The van der Waals surface area contributed by atoms with E-state index in [0.717, 1.165) is 17.9 Å². The zero-order valence-corrected chi connectivity index (χ0v) is 10.7. The fourth-order valence-corrected chi connectivity index (χ4v) is 2.18. The smallest absolute Gasteiger partial charge is 0.122 e. The second-order valence-electron chi connectivity index (χ2n) is 4.49. The van der Waals surface area contributed by atoms with Crippen LogP contribution in [0.15, 0.2) is 24.3 Å². The minimum absolute atomic E-state index is 0.491. The second-order valence-corrected chi connectivity index (χ2v) is 4.49. The van der Waals surface area contributed by atoms with Gasteiger partial charge < -0.3 is 10.3 Å². The van der Waals surface area contributed by atoms with E-state index in [0.29, 0.717) is 6.54 Å². The first-order valence-corrected chi connectivity index (χ1v) is 5.88. The Balaban J connectivity index is 2.33. The van der Waals surface area contributed by atoms with Gasteiger partial charge in [0.15, 0.2) is 0 Å². The molecule has 0 atom stereocenters. The Kier molecular flexibility index (Phi) is 3.29. The minimum atomic E-state index is 0.491. The number of aromatic nitrogens is 2. The van der Waals surface area contributed by atoms with Crippen molar-refractivity contribution in [1.29, 1.82) is 0 Å². The predicted octanol–water partition coefficient (Wildman–Crippen LogP) is 2.09. The maximum absolute atomic E-state index is 5.67. The third kappa shape index (κ3) is 2.39. The Bertz CT molecular complexity index is 526. The molecule has 0 unspecified atom stereocenters. The van der Waals surface area contributed by atoms with E-state index in [4.69, 9.17) is 5.73 Å². The summed E-state index contributed by atoms with van der Waals surface area (Å²) in [7, 11) is 2.04. The molecule has 0 amide bonds. The largest absolute Gasteiger partial charge is 0.333 e. The van der Waals surface area contributed by atoms with Crippen LogP contribution in [0.1, 0.15) is 28.3 Å². The molecule has 0 saturated carbocycles. The van der Waals surface area contributed by atoms with Crippen LogP contribution >= 0.6 is 0 Å². The molecule has 90 valence electrons. The van der Waals surface area contributed by atoms with E-state index in [1.54, 1.807) is 0 Å². The van der Waals surface area contributed by atoms with Gasteiger partial charge in [0.05, 0.1) is 12.2 Å². The van der Waals surface area contributed by atoms with Gasteiger partial charge in [0.1, 0.15) is 5.82 Å². The summed E-state index contributed by atoms with van der Waals surface area (Å²) in [6.45, 7) is 4.65. The third-order valence-corrected chi connectivity index (χ3v) is 3.14. The van der Waals surface area contributed by atoms with E-state index >= 15 is 0 Å². The predicted molar refractivity (Wildman–Crippen MR) is 69.8 cm³/mol. The Labute approximate surface area is 102 Å². The van der Waals surface area contributed by atoms with Crippen molar-refractivity contribution >= 4 is 0 Å². The van der Waals surface area contributed by atoms with Crippen LogP contribution in [0.5, 0.6) is 0 Å². The Morgan fingerprint density at radius 3 is 2.65 bits per heavy atom. The lowest BCUT2D eigenvalue weighted by Crippen LogP contribution is -2.07. The van der Waals surface area contributed by atoms with Crippen molar-refractivity contribution < 1.29 is 0 Å². The average Bonchev–Trinajstić information content (AvgIpc) is 2.56. The summed E-state index contributed by atoms with van der Waals surface area (Å²) < 4.78 is 2.11. The van der Waals surface area contributed by atoms with Crippen molar-refractivity contribution in [1.82, 2.24) is 9.55 Å². The molecule has 0 spiro atoms. The van der Waals surface area contributed by atoms with Crippen LogP contribution in [0, 0.1) is 13.8 Å². The average molecular weight is 229 g/mol. The first-order valence-electron chi connectivity index (χ1n) is 5.88. The topological polar surface area (TPSA) is 43.8 Å². The summed E-state index contributed by atoms with van der Waals surface area (Å²) in [4.78, 5) is 4.49. The highest BCUT2D eigenvalue weighted by Gasteiger charge is 2.10. The number of aryl methyl sites for hydroxylation is 2. The zero-order valence-electron chi connectivity index (χ0n) is 10.7. The molecule has 0 radical (unpaired) electrons. The molecule has 1 aromatic carbocycles. The number of nitrogens with zero attached hydrogens (tertiary/aromatic N) is 2. The van der Waals surface area contributed by atoms with Crippen molar-refractivity contribution in [2.24, 2.45) is 12.8 Å². The summed E-state index contributed by atoms with van der Waals surface area (Å²) in [5.41, 5.74) is 10.6. The van der Waals surface area contributed by atoms with Crippen molar-refractivity contribution in [2.45, 2.75) is 26.8 Å². The van der Waals surface area contributed by atoms with E-state index in [2.05, 4.69) is 40.7 Å². The number of rotatable bonds is 3. The van der Waals surface area contributed by atoms with Crippen LogP contribution in [0.4, 0.5) is 0 Å². The molecule has 3 heteroatoms. The van der Waals surface area contributed by atoms with Gasteiger partial charge in [-0.15, -0.1) is 0 Å². The molecule has 0 fully saturated rings. The zero-order chi connectivity index (χ0) is 12.4. The number of nitrogens with two attached hydrogens (primary N) is 1. The molecule has 0 aliphatic carbocycles. The summed E-state index contributed by atoms with van der Waals surface area (Å²) in [6.07, 6.45) is 0.914. The summed E-state index contributed by atoms with van der Waals surface area (Å²) in [6, 6.07) is 8.58. The van der Waals surface area contributed by atoms with E-state index in [1.807, 2.05) is 14.0 Å². The number of hydrogen-bond donors (Lipinski definition) is 1. The highest BCUT2D eigenvalue weighted by Crippen LogP contribution is 2.15. The Morgan fingerprint density at radius 2 is 2.06 bits per heavy atom. The van der Waals surface area contributed by atoms with Crippen LogP contribution in [0.3, 0.4) is 0 Å². The molecule has 0 bridgehead atoms. The van der Waals surface area contributed by atoms with Crippen LogP contribution in [-0.2, 0) is 20.0 Å². The first-order chi connectivity index (χ1) is 8.11. The quantitative estimate of drug-likeness (QED) is 0.875. The minimum Gasteiger partial charge on any atom is -0.333 e. The molecule has 0 aliphatic heterocycles. The summed E-state index contributed by atoms with van der Waals surface area (Å²) in [5.74, 6) is 0.949. The van der Waals surface area contributed by atoms with E-state index < -0.39 is 0 Å². The summed E-state index contributed by atoms with van der Waals surface area (Å²) in [5, 5.41) is 0. The van der Waals surface area contributed by atoms with Crippen molar-refractivity contribution in [3.8, 4) is 0 Å². The van der Waals surface area contributed by atoms with Gasteiger partial charge in [0.25, 0.3) is 0 Å². The van der Waals surface area contributed by atoms with Crippen LogP contribution in [-0.4, -0.2) is 9.55 Å². The maximum Gasteiger partial charge on any atom is 0.122 e. The van der Waals surface area contributed by atoms with Crippen LogP contribution < -0.4 is 5.73 Å². The van der Waals surface area contributed by atoms with Crippen molar-refractivity contribution in [3.63, 3.8) is 0 Å². The molecular formula is C14H19N3. The van der Waals surface area contributed by atoms with Gasteiger partial charge in [0, 0.05) is 19.2 Å². The van der Waals surface area contributed by atoms with Gasteiger partial charge >= 0.3 is 0 Å². The molecule has 17 heavy (non-hydrogen) atoms. The Hall–Kier alpha value is -1.61. The normalized spacial score (nSPS) is 10.8. The highest BCUT2D eigenvalue weighted by molar-refractivity contribution is 5.29. The molecule has 1 aromatic heterocycles. The van der Waals surface area contributed by atoms with E-state index in [-0.39, 0.29) is 0 Å². The maximum atomic E-state index is 5.67. The fraction of sp³-hybridized carbons (Fsp3) is 0.357. The van der Waals surface area contributed by atoms with Gasteiger partial charge in [-0.3, -0.25) is 0 Å². The van der Waals surface area contributed by atoms with Gasteiger partial charge in [0.2, 0.25) is 0 Å². The molecule has 0 aliphatic rings. The third-order valence-electron chi connectivity index (χ3n) is 3.14. The molecule has 1 heterocycles. The van der Waals surface area contributed by atoms with Crippen LogP contribution in [0.2, 0.25) is 0 Å². The van der Waals surface area contributed by atoms with Crippen molar-refractivity contribution in [3.05, 3.63) is 52.6 Å². The number of hydrogen-bond acceptors (Lipinski definition) is 2. The van der Waals surface area contributed by atoms with Gasteiger partial charge in [-0.1, -0.05) is 29.8 Å². The fourth-order valence-electron chi connectivity index (χ4n) is 2.18. The molecule has 2 N–H and O–H groups in total. The highest BCUT2D eigenvalue weighted by atomic mass is 15.1. The Morgan fingerprint density at radius 1 is 1.29 bits per heavy atom. The van der Waals surface area contributed by atoms with Gasteiger partial charge in [-0.25, -0.2) is 4.98 Å². The van der Waals surface area contributed by atoms with Crippen LogP contribution in [0.25, 0.3) is 0 Å². The SMILES string of the molecule is Cc1cccc(Cc2c(C)nc(CN)n2C)c1. The number of imidazole rings is 1. The lowest BCUT2D eigenvalue weighted by atomic mass is 10.1. The number of benzene rings is 1. The van der Waals surface area contributed by atoms with Gasteiger partial charge in [-0.05, 0) is 19.4 Å².